The van der Waals surface area contributed by atoms with Crippen molar-refractivity contribution >= 4 is 17.3 Å². The van der Waals surface area contributed by atoms with Crippen LogP contribution in [0.1, 0.15) is 45.4 Å². The number of hydrogen-bond acceptors (Lipinski definition) is 2. The molecule has 19 heavy (non-hydrogen) atoms. The summed E-state index contributed by atoms with van der Waals surface area (Å²) < 4.78 is 5.60. The van der Waals surface area contributed by atoms with E-state index in [4.69, 9.17) is 16.3 Å². The van der Waals surface area contributed by atoms with Gasteiger partial charge in [-0.1, -0.05) is 50.6 Å². The van der Waals surface area contributed by atoms with Gasteiger partial charge in [-0.25, -0.2) is 0 Å². The second-order valence-corrected chi connectivity index (χ2v) is 5.25. The number of nitrogens with one attached hydrogen (secondary N) is 1. The molecular formula is C16H26ClNO. The number of anilines is 1. The molecule has 0 unspecified atom stereocenters. The van der Waals surface area contributed by atoms with Crippen molar-refractivity contribution in [2.24, 2.45) is 0 Å². The molecule has 0 spiro atoms. The Balaban J connectivity index is 1.87. The highest BCUT2D eigenvalue weighted by molar-refractivity contribution is 6.30. The summed E-state index contributed by atoms with van der Waals surface area (Å²) in [5, 5.41) is 4.08. The monoisotopic (exact) mass is 283 g/mol. The minimum Gasteiger partial charge on any atom is -0.383 e. The first-order chi connectivity index (χ1) is 9.33. The summed E-state index contributed by atoms with van der Waals surface area (Å²) in [4.78, 5) is 0. The highest BCUT2D eigenvalue weighted by atomic mass is 35.5. The molecule has 0 atom stereocenters. The summed E-state index contributed by atoms with van der Waals surface area (Å²) in [6.07, 6.45) is 7.88. The molecule has 0 saturated carbocycles. The molecule has 1 aromatic rings. The van der Waals surface area contributed by atoms with Crippen molar-refractivity contribution in [2.45, 2.75) is 45.4 Å². The van der Waals surface area contributed by atoms with E-state index in [1.54, 1.807) is 0 Å². The quantitative estimate of drug-likeness (QED) is 0.569. The molecule has 0 aromatic heterocycles. The normalized spacial score (nSPS) is 10.6. The zero-order chi connectivity index (χ0) is 13.8. The lowest BCUT2D eigenvalue weighted by molar-refractivity contribution is 0.139. The molecule has 0 bridgehead atoms. The average Bonchev–Trinajstić information content (AvgIpc) is 2.43. The van der Waals surface area contributed by atoms with Crippen LogP contribution in [0.15, 0.2) is 24.3 Å². The van der Waals surface area contributed by atoms with Crippen LogP contribution >= 0.6 is 11.6 Å². The first-order valence-corrected chi connectivity index (χ1v) is 7.78. The Bertz CT molecular complexity index is 313. The van der Waals surface area contributed by atoms with E-state index in [2.05, 4.69) is 12.2 Å². The van der Waals surface area contributed by atoms with Crippen LogP contribution in [0.2, 0.25) is 5.02 Å². The van der Waals surface area contributed by atoms with Gasteiger partial charge < -0.3 is 10.1 Å². The molecule has 0 aliphatic rings. The molecule has 3 heteroatoms. The van der Waals surface area contributed by atoms with Crippen molar-refractivity contribution in [1.82, 2.24) is 0 Å². The van der Waals surface area contributed by atoms with E-state index in [1.165, 1.54) is 38.5 Å². The van der Waals surface area contributed by atoms with E-state index >= 15 is 0 Å². The summed E-state index contributed by atoms with van der Waals surface area (Å²) >= 11 is 5.82. The second kappa shape index (κ2) is 11.1. The minimum atomic E-state index is 0.761. The van der Waals surface area contributed by atoms with E-state index in [0.717, 1.165) is 30.5 Å². The van der Waals surface area contributed by atoms with Gasteiger partial charge >= 0.3 is 0 Å². The van der Waals surface area contributed by atoms with Gasteiger partial charge in [0.1, 0.15) is 0 Å². The fourth-order valence-electron chi connectivity index (χ4n) is 1.92. The Hall–Kier alpha value is -0.730. The Morgan fingerprint density at radius 1 is 0.947 bits per heavy atom. The smallest absolute Gasteiger partial charge is 0.0639 e. The standard InChI is InChI=1S/C16H26ClNO/c1-2-3-4-5-6-7-13-19-14-12-18-16-10-8-15(17)9-11-16/h8-11,18H,2-7,12-14H2,1H3. The van der Waals surface area contributed by atoms with Crippen molar-refractivity contribution in [3.63, 3.8) is 0 Å². The first kappa shape index (κ1) is 16.3. The fourth-order valence-corrected chi connectivity index (χ4v) is 2.05. The molecule has 108 valence electrons. The van der Waals surface area contributed by atoms with Gasteiger partial charge in [0.25, 0.3) is 0 Å². The van der Waals surface area contributed by atoms with Crippen molar-refractivity contribution in [1.29, 1.82) is 0 Å². The maximum atomic E-state index is 5.82. The van der Waals surface area contributed by atoms with Crippen LogP contribution < -0.4 is 5.32 Å². The maximum absolute atomic E-state index is 5.82. The number of rotatable bonds is 11. The largest absolute Gasteiger partial charge is 0.383 e. The third-order valence-corrected chi connectivity index (χ3v) is 3.31. The lowest BCUT2D eigenvalue weighted by Crippen LogP contribution is -2.09. The molecule has 0 fully saturated rings. The van der Waals surface area contributed by atoms with Gasteiger partial charge in [-0.3, -0.25) is 0 Å². The van der Waals surface area contributed by atoms with Crippen molar-refractivity contribution in [3.05, 3.63) is 29.3 Å². The van der Waals surface area contributed by atoms with Crippen LogP contribution in [-0.4, -0.2) is 19.8 Å². The van der Waals surface area contributed by atoms with E-state index in [-0.39, 0.29) is 0 Å². The number of halogens is 1. The van der Waals surface area contributed by atoms with E-state index in [9.17, 15) is 0 Å². The van der Waals surface area contributed by atoms with Crippen LogP contribution in [0.5, 0.6) is 0 Å². The predicted octanol–water partition coefficient (Wildman–Crippen LogP) is 5.13. The lowest BCUT2D eigenvalue weighted by Gasteiger charge is -2.07. The lowest BCUT2D eigenvalue weighted by atomic mass is 10.1. The number of unbranched alkanes of at least 4 members (excludes halogenated alkanes) is 5. The summed E-state index contributed by atoms with van der Waals surface area (Å²) in [7, 11) is 0. The van der Waals surface area contributed by atoms with Gasteiger partial charge in [-0.15, -0.1) is 0 Å². The maximum Gasteiger partial charge on any atom is 0.0639 e. The summed E-state index contributed by atoms with van der Waals surface area (Å²) in [5.41, 5.74) is 1.09. The molecule has 1 rings (SSSR count). The molecule has 0 aliphatic carbocycles. The zero-order valence-corrected chi connectivity index (χ0v) is 12.7. The van der Waals surface area contributed by atoms with Crippen LogP contribution in [0.25, 0.3) is 0 Å². The van der Waals surface area contributed by atoms with Gasteiger partial charge in [-0.05, 0) is 30.7 Å². The molecule has 1 aromatic carbocycles. The highest BCUT2D eigenvalue weighted by Gasteiger charge is 1.93. The molecule has 2 nitrogen and oxygen atoms in total. The topological polar surface area (TPSA) is 21.3 Å². The van der Waals surface area contributed by atoms with Crippen LogP contribution in [0, 0.1) is 0 Å². The van der Waals surface area contributed by atoms with Gasteiger partial charge in [-0.2, -0.15) is 0 Å². The van der Waals surface area contributed by atoms with Gasteiger partial charge in [0.05, 0.1) is 6.61 Å². The van der Waals surface area contributed by atoms with E-state index in [1.807, 2.05) is 24.3 Å². The third-order valence-electron chi connectivity index (χ3n) is 3.06. The Morgan fingerprint density at radius 2 is 1.63 bits per heavy atom. The number of ether oxygens (including phenoxy) is 1. The van der Waals surface area contributed by atoms with Gasteiger partial charge in [0.15, 0.2) is 0 Å². The molecule has 0 heterocycles. The molecule has 1 N–H and O–H groups in total. The van der Waals surface area contributed by atoms with E-state index in [0.29, 0.717) is 0 Å². The third kappa shape index (κ3) is 8.90. The molecule has 0 aliphatic heterocycles. The summed E-state index contributed by atoms with van der Waals surface area (Å²) in [6, 6.07) is 7.74. The number of benzene rings is 1. The van der Waals surface area contributed by atoms with Gasteiger partial charge in [0, 0.05) is 23.9 Å². The molecule has 0 saturated heterocycles. The van der Waals surface area contributed by atoms with Crippen LogP contribution in [0.3, 0.4) is 0 Å². The van der Waals surface area contributed by atoms with Gasteiger partial charge in [0.2, 0.25) is 0 Å². The van der Waals surface area contributed by atoms with E-state index < -0.39 is 0 Å². The van der Waals surface area contributed by atoms with Crippen molar-refractivity contribution < 1.29 is 4.74 Å². The predicted molar refractivity (Wildman–Crippen MR) is 84.1 cm³/mol. The molecule has 0 radical (unpaired) electrons. The van der Waals surface area contributed by atoms with Crippen LogP contribution in [-0.2, 0) is 4.74 Å². The molecule has 0 amide bonds. The average molecular weight is 284 g/mol. The fraction of sp³-hybridized carbons (Fsp3) is 0.625. The Kier molecular flexibility index (Phi) is 9.56. The first-order valence-electron chi connectivity index (χ1n) is 7.40. The van der Waals surface area contributed by atoms with Crippen molar-refractivity contribution in [2.75, 3.05) is 25.1 Å². The molecular weight excluding hydrogens is 258 g/mol. The minimum absolute atomic E-state index is 0.761. The SMILES string of the molecule is CCCCCCCCOCCNc1ccc(Cl)cc1. The summed E-state index contributed by atoms with van der Waals surface area (Å²) in [6.45, 7) is 4.74. The Labute approximate surface area is 122 Å². The highest BCUT2D eigenvalue weighted by Crippen LogP contribution is 2.12. The van der Waals surface area contributed by atoms with Crippen molar-refractivity contribution in [3.8, 4) is 0 Å². The Morgan fingerprint density at radius 3 is 2.37 bits per heavy atom. The number of hydrogen-bond donors (Lipinski definition) is 1. The van der Waals surface area contributed by atoms with Crippen LogP contribution in [0.4, 0.5) is 5.69 Å². The second-order valence-electron chi connectivity index (χ2n) is 4.81. The zero-order valence-electron chi connectivity index (χ0n) is 12.0. The summed E-state index contributed by atoms with van der Waals surface area (Å²) in [5.74, 6) is 0.